The van der Waals surface area contributed by atoms with Gasteiger partial charge in [0, 0.05) is 19.4 Å². The van der Waals surface area contributed by atoms with Crippen LogP contribution in [-0.4, -0.2) is 38.4 Å². The van der Waals surface area contributed by atoms with Crippen LogP contribution in [0.1, 0.15) is 39.0 Å². The first-order chi connectivity index (χ1) is 11.6. The molecule has 0 bridgehead atoms. The van der Waals surface area contributed by atoms with Crippen LogP contribution in [0.4, 0.5) is 5.69 Å². The lowest BCUT2D eigenvalue weighted by molar-refractivity contribution is -0.145. The van der Waals surface area contributed by atoms with Gasteiger partial charge in [-0.05, 0) is 38.0 Å². The molecule has 1 fully saturated rings. The molecule has 0 radical (unpaired) electrons. The van der Waals surface area contributed by atoms with Crippen molar-refractivity contribution < 1.29 is 19.0 Å². The van der Waals surface area contributed by atoms with Crippen LogP contribution in [0, 0.1) is 0 Å². The number of benzene rings is 1. The van der Waals surface area contributed by atoms with E-state index in [1.54, 1.807) is 25.3 Å². The van der Waals surface area contributed by atoms with Gasteiger partial charge in [-0.3, -0.25) is 4.79 Å². The molecule has 1 aliphatic carbocycles. The Hall–Kier alpha value is -1.30. The summed E-state index contributed by atoms with van der Waals surface area (Å²) in [6.45, 7) is 3.37. The van der Waals surface area contributed by atoms with Crippen molar-refractivity contribution in [1.82, 2.24) is 0 Å². The van der Waals surface area contributed by atoms with Crippen LogP contribution < -0.4 is 10.1 Å². The Kier molecular flexibility index (Phi) is 7.34. The van der Waals surface area contributed by atoms with Gasteiger partial charge >= 0.3 is 0 Å². The zero-order valence-electron chi connectivity index (χ0n) is 14.4. The van der Waals surface area contributed by atoms with Gasteiger partial charge in [-0.1, -0.05) is 30.9 Å². The van der Waals surface area contributed by atoms with Gasteiger partial charge in [0.15, 0.2) is 0 Å². The van der Waals surface area contributed by atoms with Gasteiger partial charge in [0.25, 0.3) is 5.91 Å². The number of methoxy groups -OCH3 is 1. The number of rotatable bonds is 8. The first-order valence-corrected chi connectivity index (χ1v) is 8.86. The average molecular weight is 356 g/mol. The van der Waals surface area contributed by atoms with Crippen LogP contribution in [0.25, 0.3) is 0 Å². The maximum atomic E-state index is 12.8. The predicted octanol–water partition coefficient (Wildman–Crippen LogP) is 4.04. The summed E-state index contributed by atoms with van der Waals surface area (Å²) in [5.41, 5.74) is -0.0682. The molecule has 0 atom stereocenters. The molecule has 0 spiro atoms. The summed E-state index contributed by atoms with van der Waals surface area (Å²) < 4.78 is 16.3. The van der Waals surface area contributed by atoms with E-state index in [-0.39, 0.29) is 5.91 Å². The lowest BCUT2D eigenvalue weighted by atomic mass is 9.83. The standard InChI is InChI=1S/C18H26ClNO4/c1-3-24-18(9-5-4-6-10-18)17(21)20-14-7-8-16(15(19)13-14)23-12-11-22-2/h7-8,13H,3-6,9-12H2,1-2H3,(H,20,21). The van der Waals surface area contributed by atoms with Crippen LogP contribution in [0.2, 0.25) is 5.02 Å². The summed E-state index contributed by atoms with van der Waals surface area (Å²) >= 11 is 6.23. The summed E-state index contributed by atoms with van der Waals surface area (Å²) in [6.07, 6.45) is 4.71. The molecule has 1 aromatic carbocycles. The molecule has 6 heteroatoms. The van der Waals surface area contributed by atoms with Gasteiger partial charge in [-0.25, -0.2) is 0 Å². The molecule has 5 nitrogen and oxygen atoms in total. The molecule has 0 aliphatic heterocycles. The van der Waals surface area contributed by atoms with Crippen LogP contribution in [0.5, 0.6) is 5.75 Å². The quantitative estimate of drug-likeness (QED) is 0.715. The first kappa shape index (κ1) is 19.0. The highest BCUT2D eigenvalue weighted by Crippen LogP contribution is 2.34. The second-order valence-electron chi connectivity index (χ2n) is 5.93. The van der Waals surface area contributed by atoms with Gasteiger partial charge in [-0.15, -0.1) is 0 Å². The number of nitrogens with one attached hydrogen (secondary N) is 1. The molecule has 1 saturated carbocycles. The zero-order chi connectivity index (χ0) is 17.4. The molecule has 1 aromatic rings. The molecule has 1 amide bonds. The highest BCUT2D eigenvalue weighted by Gasteiger charge is 2.40. The lowest BCUT2D eigenvalue weighted by Crippen LogP contribution is -2.47. The highest BCUT2D eigenvalue weighted by atomic mass is 35.5. The fraction of sp³-hybridized carbons (Fsp3) is 0.611. The molecular formula is C18H26ClNO4. The van der Waals surface area contributed by atoms with E-state index in [2.05, 4.69) is 5.32 Å². The van der Waals surface area contributed by atoms with Crippen molar-refractivity contribution in [2.75, 3.05) is 32.2 Å². The van der Waals surface area contributed by atoms with Crippen molar-refractivity contribution in [3.8, 4) is 5.75 Å². The van der Waals surface area contributed by atoms with Crippen LogP contribution in [0.15, 0.2) is 18.2 Å². The van der Waals surface area contributed by atoms with Gasteiger partial charge in [0.2, 0.25) is 0 Å². The van der Waals surface area contributed by atoms with E-state index in [0.29, 0.717) is 36.3 Å². The maximum absolute atomic E-state index is 12.8. The van der Waals surface area contributed by atoms with Crippen LogP contribution in [0.3, 0.4) is 0 Å². The van der Waals surface area contributed by atoms with E-state index in [4.69, 9.17) is 25.8 Å². The largest absolute Gasteiger partial charge is 0.490 e. The number of carbonyl (C=O) groups excluding carboxylic acids is 1. The molecule has 1 aliphatic rings. The van der Waals surface area contributed by atoms with E-state index in [1.165, 1.54) is 0 Å². The lowest BCUT2D eigenvalue weighted by Gasteiger charge is -2.35. The number of amides is 1. The summed E-state index contributed by atoms with van der Waals surface area (Å²) in [7, 11) is 1.61. The fourth-order valence-electron chi connectivity index (χ4n) is 3.01. The van der Waals surface area contributed by atoms with E-state index >= 15 is 0 Å². The minimum atomic E-state index is -0.715. The topological polar surface area (TPSA) is 56.8 Å². The second kappa shape index (κ2) is 9.25. The van der Waals surface area contributed by atoms with Crippen molar-refractivity contribution in [1.29, 1.82) is 0 Å². The third kappa shape index (κ3) is 4.85. The second-order valence-corrected chi connectivity index (χ2v) is 6.34. The maximum Gasteiger partial charge on any atom is 0.256 e. The Labute approximate surface area is 148 Å². The monoisotopic (exact) mass is 355 g/mol. The molecule has 0 heterocycles. The van der Waals surface area contributed by atoms with E-state index in [0.717, 1.165) is 32.1 Å². The Balaban J connectivity index is 2.03. The van der Waals surface area contributed by atoms with Crippen molar-refractivity contribution >= 4 is 23.2 Å². The summed E-state index contributed by atoms with van der Waals surface area (Å²) in [5, 5.41) is 3.40. The number of hydrogen-bond acceptors (Lipinski definition) is 4. The normalized spacial score (nSPS) is 16.6. The summed E-state index contributed by atoms with van der Waals surface area (Å²) in [5.74, 6) is 0.483. The molecule has 0 saturated heterocycles. The smallest absolute Gasteiger partial charge is 0.256 e. The van der Waals surface area contributed by atoms with Crippen molar-refractivity contribution in [3.05, 3.63) is 23.2 Å². The Morgan fingerprint density at radius 3 is 2.62 bits per heavy atom. The number of carbonyl (C=O) groups is 1. The SMILES string of the molecule is CCOC1(C(=O)Nc2ccc(OCCOC)c(Cl)c2)CCCCC1. The van der Waals surface area contributed by atoms with E-state index in [9.17, 15) is 4.79 Å². The number of anilines is 1. The van der Waals surface area contributed by atoms with Crippen LogP contribution in [-0.2, 0) is 14.3 Å². The Morgan fingerprint density at radius 2 is 2.00 bits per heavy atom. The summed E-state index contributed by atoms with van der Waals surface area (Å²) in [4.78, 5) is 12.8. The molecule has 1 N–H and O–H groups in total. The van der Waals surface area contributed by atoms with Crippen molar-refractivity contribution in [3.63, 3.8) is 0 Å². The Bertz CT molecular complexity index is 538. The third-order valence-corrected chi connectivity index (χ3v) is 4.53. The minimum Gasteiger partial charge on any atom is -0.490 e. The zero-order valence-corrected chi connectivity index (χ0v) is 15.2. The predicted molar refractivity (Wildman–Crippen MR) is 94.9 cm³/mol. The molecule has 0 aromatic heterocycles. The van der Waals surface area contributed by atoms with E-state index < -0.39 is 5.60 Å². The third-order valence-electron chi connectivity index (χ3n) is 4.23. The number of ether oxygens (including phenoxy) is 3. The Morgan fingerprint density at radius 1 is 1.25 bits per heavy atom. The van der Waals surface area contributed by atoms with Crippen molar-refractivity contribution in [2.24, 2.45) is 0 Å². The van der Waals surface area contributed by atoms with Gasteiger partial charge in [0.1, 0.15) is 18.0 Å². The van der Waals surface area contributed by atoms with Crippen molar-refractivity contribution in [2.45, 2.75) is 44.6 Å². The number of halogens is 1. The van der Waals surface area contributed by atoms with Gasteiger partial charge in [0.05, 0.1) is 11.6 Å². The highest BCUT2D eigenvalue weighted by molar-refractivity contribution is 6.32. The molecule has 134 valence electrons. The fourth-order valence-corrected chi connectivity index (χ4v) is 3.25. The molecule has 2 rings (SSSR count). The van der Waals surface area contributed by atoms with Gasteiger partial charge in [-0.2, -0.15) is 0 Å². The van der Waals surface area contributed by atoms with E-state index in [1.807, 2.05) is 6.92 Å². The first-order valence-electron chi connectivity index (χ1n) is 8.48. The molecular weight excluding hydrogens is 330 g/mol. The molecule has 0 unspecified atom stereocenters. The van der Waals surface area contributed by atoms with Crippen LogP contribution >= 0.6 is 11.6 Å². The summed E-state index contributed by atoms with van der Waals surface area (Å²) in [6, 6.07) is 5.24. The number of hydrogen-bond donors (Lipinski definition) is 1. The van der Waals surface area contributed by atoms with Gasteiger partial charge < -0.3 is 19.5 Å². The minimum absolute atomic E-state index is 0.0897. The average Bonchev–Trinajstić information content (AvgIpc) is 2.58. The molecule has 24 heavy (non-hydrogen) atoms.